The maximum atomic E-state index is 11.6. The van der Waals surface area contributed by atoms with E-state index in [-0.39, 0.29) is 0 Å². The zero-order chi connectivity index (χ0) is 12.4. The van der Waals surface area contributed by atoms with Crippen LogP contribution in [-0.4, -0.2) is 34.8 Å². The van der Waals surface area contributed by atoms with Crippen molar-refractivity contribution in [3.63, 3.8) is 0 Å². The number of rotatable bonds is 3. The molecule has 0 aliphatic heterocycles. The van der Waals surface area contributed by atoms with Crippen molar-refractivity contribution in [1.29, 1.82) is 0 Å². The molecule has 6 nitrogen and oxygen atoms in total. The second-order valence-corrected chi connectivity index (χ2v) is 4.01. The minimum Gasteiger partial charge on any atom is -0.465 e. The molecule has 0 aliphatic carbocycles. The number of fused-ring (bicyclic) bond motifs is 1. The van der Waals surface area contributed by atoms with Gasteiger partial charge in [0.2, 0.25) is 0 Å². The molecule has 2 aromatic rings. The lowest BCUT2D eigenvalue weighted by molar-refractivity contribution is 0.0602. The second kappa shape index (κ2) is 4.80. The lowest BCUT2D eigenvalue weighted by atomic mass is 10.3. The molecule has 90 valence electrons. The summed E-state index contributed by atoms with van der Waals surface area (Å²) in [5.41, 5.74) is 1.49. The van der Waals surface area contributed by atoms with Gasteiger partial charge in [-0.25, -0.2) is 14.3 Å². The molecular formula is C10H10BrN3O3. The van der Waals surface area contributed by atoms with Crippen LogP contribution in [0.25, 0.3) is 5.65 Å². The molecule has 0 atom stereocenters. The molecule has 0 spiro atoms. The quantitative estimate of drug-likeness (QED) is 0.802. The molecule has 0 amide bonds. The van der Waals surface area contributed by atoms with Gasteiger partial charge >= 0.3 is 5.97 Å². The topological polar surface area (TPSA) is 65.7 Å². The van der Waals surface area contributed by atoms with E-state index in [4.69, 9.17) is 4.74 Å². The van der Waals surface area contributed by atoms with E-state index in [1.807, 2.05) is 0 Å². The summed E-state index contributed by atoms with van der Waals surface area (Å²) >= 11 is 3.36. The molecule has 7 heteroatoms. The molecule has 2 rings (SSSR count). The van der Waals surface area contributed by atoms with Crippen LogP contribution in [0.3, 0.4) is 0 Å². The maximum absolute atomic E-state index is 11.6. The van der Waals surface area contributed by atoms with Crippen molar-refractivity contribution in [3.8, 4) is 0 Å². The number of aromatic nitrogens is 3. The minimum atomic E-state index is -0.445. The first kappa shape index (κ1) is 12.0. The molecule has 0 fully saturated rings. The number of methoxy groups -OCH3 is 2. The van der Waals surface area contributed by atoms with E-state index in [1.165, 1.54) is 17.8 Å². The number of esters is 1. The van der Waals surface area contributed by atoms with Crippen LogP contribution in [0, 0.1) is 0 Å². The van der Waals surface area contributed by atoms with Crippen LogP contribution in [0.1, 0.15) is 16.1 Å². The highest BCUT2D eigenvalue weighted by molar-refractivity contribution is 9.10. The second-order valence-electron chi connectivity index (χ2n) is 3.25. The number of hydrogen-bond donors (Lipinski definition) is 0. The largest absolute Gasteiger partial charge is 0.465 e. The average Bonchev–Trinajstić information content (AvgIpc) is 2.66. The predicted octanol–water partition coefficient (Wildman–Crippen LogP) is 1.42. The van der Waals surface area contributed by atoms with E-state index in [9.17, 15) is 4.79 Å². The Hall–Kier alpha value is -1.47. The summed E-state index contributed by atoms with van der Waals surface area (Å²) in [6, 6.07) is 1.57. The van der Waals surface area contributed by atoms with E-state index >= 15 is 0 Å². The molecular weight excluding hydrogens is 290 g/mol. The van der Waals surface area contributed by atoms with E-state index < -0.39 is 5.97 Å². The van der Waals surface area contributed by atoms with Gasteiger partial charge in [0, 0.05) is 13.3 Å². The van der Waals surface area contributed by atoms with Crippen molar-refractivity contribution in [2.45, 2.75) is 6.61 Å². The number of nitrogens with zero attached hydrogens (tertiary/aromatic N) is 3. The monoisotopic (exact) mass is 299 g/mol. The smallest absolute Gasteiger partial charge is 0.341 e. The third-order valence-corrected chi connectivity index (χ3v) is 3.01. The molecule has 0 unspecified atom stereocenters. The van der Waals surface area contributed by atoms with Gasteiger partial charge in [-0.1, -0.05) is 0 Å². The number of halogens is 1. The SMILES string of the molecule is COCc1nc2c(C(=O)OC)ccnn2c1Br. The Labute approximate surface area is 106 Å². The standard InChI is InChI=1S/C10H10BrN3O3/c1-16-5-7-8(11)14-9(13-7)6(3-4-12-14)10(15)17-2/h3-4H,5H2,1-2H3. The molecule has 0 radical (unpaired) electrons. The molecule has 0 N–H and O–H groups in total. The maximum Gasteiger partial charge on any atom is 0.341 e. The average molecular weight is 300 g/mol. The summed E-state index contributed by atoms with van der Waals surface area (Å²) in [6.07, 6.45) is 1.52. The molecule has 17 heavy (non-hydrogen) atoms. The van der Waals surface area contributed by atoms with Crippen molar-refractivity contribution in [1.82, 2.24) is 14.6 Å². The molecule has 0 saturated heterocycles. The van der Waals surface area contributed by atoms with Gasteiger partial charge in [-0.15, -0.1) is 0 Å². The van der Waals surface area contributed by atoms with Gasteiger partial charge in [-0.2, -0.15) is 5.10 Å². The van der Waals surface area contributed by atoms with E-state index in [2.05, 4.69) is 30.7 Å². The van der Waals surface area contributed by atoms with E-state index in [0.29, 0.717) is 28.1 Å². The van der Waals surface area contributed by atoms with Crippen molar-refractivity contribution < 1.29 is 14.3 Å². The summed E-state index contributed by atoms with van der Waals surface area (Å²) in [4.78, 5) is 15.9. The van der Waals surface area contributed by atoms with Crippen LogP contribution in [0.2, 0.25) is 0 Å². The summed E-state index contributed by atoms with van der Waals surface area (Å²) in [6.45, 7) is 0.338. The Morgan fingerprint density at radius 3 is 2.94 bits per heavy atom. The summed E-state index contributed by atoms with van der Waals surface area (Å²) < 4.78 is 11.9. The van der Waals surface area contributed by atoms with Crippen molar-refractivity contribution in [2.24, 2.45) is 0 Å². The number of carbonyl (C=O) groups excluding carboxylic acids is 1. The van der Waals surface area contributed by atoms with E-state index in [0.717, 1.165) is 0 Å². The van der Waals surface area contributed by atoms with Crippen molar-refractivity contribution >= 4 is 27.5 Å². The number of hydrogen-bond acceptors (Lipinski definition) is 5. The van der Waals surface area contributed by atoms with Crippen LogP contribution >= 0.6 is 15.9 Å². The predicted molar refractivity (Wildman–Crippen MR) is 62.7 cm³/mol. The normalized spacial score (nSPS) is 10.8. The lowest BCUT2D eigenvalue weighted by Gasteiger charge is -2.00. The van der Waals surface area contributed by atoms with Crippen LogP contribution < -0.4 is 0 Å². The fourth-order valence-corrected chi connectivity index (χ4v) is 1.93. The van der Waals surface area contributed by atoms with Gasteiger partial charge in [0.15, 0.2) is 5.65 Å². The molecule has 2 heterocycles. The van der Waals surface area contributed by atoms with Gasteiger partial charge in [-0.3, -0.25) is 0 Å². The first-order valence-corrected chi connectivity index (χ1v) is 5.57. The molecule has 0 bridgehead atoms. The zero-order valence-electron chi connectivity index (χ0n) is 9.31. The van der Waals surface area contributed by atoms with Crippen LogP contribution in [0.4, 0.5) is 0 Å². The lowest BCUT2D eigenvalue weighted by Crippen LogP contribution is -2.05. The van der Waals surface area contributed by atoms with Gasteiger partial charge in [0.05, 0.1) is 13.7 Å². The van der Waals surface area contributed by atoms with Crippen molar-refractivity contribution in [3.05, 3.63) is 28.1 Å². The van der Waals surface area contributed by atoms with Gasteiger partial charge < -0.3 is 9.47 Å². The number of ether oxygens (including phenoxy) is 2. The summed E-state index contributed by atoms with van der Waals surface area (Å²) in [7, 11) is 2.90. The number of imidazole rings is 1. The molecule has 0 aliphatic rings. The molecule has 0 aromatic carbocycles. The summed E-state index contributed by atoms with van der Waals surface area (Å²) in [5, 5.41) is 4.10. The van der Waals surface area contributed by atoms with E-state index in [1.54, 1.807) is 13.2 Å². The van der Waals surface area contributed by atoms with Gasteiger partial charge in [0.25, 0.3) is 0 Å². The van der Waals surface area contributed by atoms with Gasteiger partial charge in [0.1, 0.15) is 15.9 Å². The Morgan fingerprint density at radius 2 is 2.29 bits per heavy atom. The first-order chi connectivity index (χ1) is 8.19. The Balaban J connectivity index is 2.64. The number of carbonyl (C=O) groups is 1. The summed E-state index contributed by atoms with van der Waals surface area (Å²) in [5.74, 6) is -0.445. The first-order valence-electron chi connectivity index (χ1n) is 4.78. The Kier molecular flexibility index (Phi) is 3.39. The Morgan fingerprint density at radius 1 is 1.53 bits per heavy atom. The van der Waals surface area contributed by atoms with Crippen LogP contribution in [0.5, 0.6) is 0 Å². The Bertz CT molecular complexity index is 567. The van der Waals surface area contributed by atoms with Crippen LogP contribution in [-0.2, 0) is 16.1 Å². The fourth-order valence-electron chi connectivity index (χ4n) is 1.46. The third-order valence-electron chi connectivity index (χ3n) is 2.22. The highest BCUT2D eigenvalue weighted by Gasteiger charge is 2.17. The molecule has 2 aromatic heterocycles. The highest BCUT2D eigenvalue weighted by Crippen LogP contribution is 2.21. The van der Waals surface area contributed by atoms with Crippen molar-refractivity contribution in [2.75, 3.05) is 14.2 Å². The van der Waals surface area contributed by atoms with Gasteiger partial charge in [-0.05, 0) is 22.0 Å². The fraction of sp³-hybridized carbons (Fsp3) is 0.300. The zero-order valence-corrected chi connectivity index (χ0v) is 10.9. The van der Waals surface area contributed by atoms with Crippen LogP contribution in [0.15, 0.2) is 16.9 Å². The minimum absolute atomic E-state index is 0.338. The molecule has 0 saturated carbocycles. The highest BCUT2D eigenvalue weighted by atomic mass is 79.9. The third kappa shape index (κ3) is 2.03.